The number of H-pyrrole nitrogens is 1. The van der Waals surface area contributed by atoms with Crippen molar-refractivity contribution in [2.24, 2.45) is 0 Å². The van der Waals surface area contributed by atoms with Gasteiger partial charge in [-0.1, -0.05) is 6.42 Å². The van der Waals surface area contributed by atoms with E-state index < -0.39 is 5.97 Å². The van der Waals surface area contributed by atoms with Crippen LogP contribution in [-0.4, -0.2) is 59.0 Å². The molecule has 0 bridgehead atoms. The van der Waals surface area contributed by atoms with E-state index in [1.54, 1.807) is 12.1 Å². The number of likely N-dealkylation sites (tertiary alicyclic amines) is 1. The molecule has 1 fully saturated rings. The minimum absolute atomic E-state index is 0.110. The zero-order valence-electron chi connectivity index (χ0n) is 18.4. The number of hydrogen-bond acceptors (Lipinski definition) is 4. The fraction of sp³-hybridized carbons (Fsp3) is 0.375. The summed E-state index contributed by atoms with van der Waals surface area (Å²) in [6.45, 7) is 7.28. The molecule has 1 aromatic heterocycles. The van der Waals surface area contributed by atoms with E-state index in [0.717, 1.165) is 30.9 Å². The molecule has 8 nitrogen and oxygen atoms in total. The quantitative estimate of drug-likeness (QED) is 0.520. The number of nitrogens with one attached hydrogen (secondary N) is 3. The lowest BCUT2D eigenvalue weighted by Gasteiger charge is -2.26. The first-order valence-electron chi connectivity index (χ1n) is 11.0. The molecule has 3 heterocycles. The van der Waals surface area contributed by atoms with E-state index in [1.807, 2.05) is 13.8 Å². The van der Waals surface area contributed by atoms with Gasteiger partial charge in [-0.25, -0.2) is 4.79 Å². The Labute approximate surface area is 186 Å². The number of hydrogen-bond donors (Lipinski definition) is 4. The minimum Gasteiger partial charge on any atom is -0.478 e. The van der Waals surface area contributed by atoms with Crippen molar-refractivity contribution in [1.82, 2.24) is 15.2 Å². The second kappa shape index (κ2) is 9.00. The highest BCUT2D eigenvalue weighted by molar-refractivity contribution is 6.35. The van der Waals surface area contributed by atoms with Crippen LogP contribution in [0.3, 0.4) is 0 Å². The lowest BCUT2D eigenvalue weighted by molar-refractivity contribution is -0.110. The predicted molar refractivity (Wildman–Crippen MR) is 123 cm³/mol. The van der Waals surface area contributed by atoms with Crippen molar-refractivity contribution in [3.05, 3.63) is 51.8 Å². The molecule has 32 heavy (non-hydrogen) atoms. The van der Waals surface area contributed by atoms with Crippen LogP contribution in [0.5, 0.6) is 0 Å². The van der Waals surface area contributed by atoms with Crippen molar-refractivity contribution in [2.75, 3.05) is 31.5 Å². The first-order chi connectivity index (χ1) is 15.3. The van der Waals surface area contributed by atoms with Gasteiger partial charge in [-0.05, 0) is 69.6 Å². The van der Waals surface area contributed by atoms with Gasteiger partial charge in [0.15, 0.2) is 0 Å². The van der Waals surface area contributed by atoms with Crippen LogP contribution in [0.25, 0.3) is 11.6 Å². The molecule has 0 radical (unpaired) electrons. The highest BCUT2D eigenvalue weighted by Gasteiger charge is 2.26. The van der Waals surface area contributed by atoms with Crippen molar-refractivity contribution in [3.8, 4) is 0 Å². The van der Waals surface area contributed by atoms with Crippen molar-refractivity contribution >= 4 is 35.1 Å². The van der Waals surface area contributed by atoms with Crippen LogP contribution in [0.15, 0.2) is 18.2 Å². The molecule has 2 amide bonds. The van der Waals surface area contributed by atoms with Crippen molar-refractivity contribution in [2.45, 2.75) is 33.1 Å². The van der Waals surface area contributed by atoms with E-state index in [1.165, 1.54) is 31.4 Å². The average Bonchev–Trinajstić information content (AvgIpc) is 3.23. The van der Waals surface area contributed by atoms with Crippen LogP contribution >= 0.6 is 0 Å². The molecule has 0 atom stereocenters. The van der Waals surface area contributed by atoms with Gasteiger partial charge in [-0.15, -0.1) is 0 Å². The molecule has 0 unspecified atom stereocenters. The summed E-state index contributed by atoms with van der Waals surface area (Å²) in [4.78, 5) is 42.3. The molecule has 4 N–H and O–H groups in total. The van der Waals surface area contributed by atoms with Crippen LogP contribution in [0.1, 0.15) is 62.5 Å². The summed E-state index contributed by atoms with van der Waals surface area (Å²) in [5.41, 5.74) is 4.29. The summed E-state index contributed by atoms with van der Waals surface area (Å²) in [5, 5.41) is 15.1. The van der Waals surface area contributed by atoms with Gasteiger partial charge in [0.2, 0.25) is 0 Å². The normalized spacial score (nSPS) is 17.3. The summed E-state index contributed by atoms with van der Waals surface area (Å²) in [7, 11) is 0. The maximum Gasteiger partial charge on any atom is 0.335 e. The number of benzene rings is 1. The molecule has 8 heteroatoms. The molecular formula is C24H28N4O4. The summed E-state index contributed by atoms with van der Waals surface area (Å²) in [6, 6.07) is 4.53. The van der Waals surface area contributed by atoms with E-state index in [2.05, 4.69) is 20.5 Å². The average molecular weight is 437 g/mol. The number of anilines is 1. The Balaban J connectivity index is 1.54. The Kier molecular flexibility index (Phi) is 6.14. The lowest BCUT2D eigenvalue weighted by atomic mass is 10.0. The molecule has 4 rings (SSSR count). The summed E-state index contributed by atoms with van der Waals surface area (Å²) < 4.78 is 0. The Morgan fingerprint density at radius 1 is 1.19 bits per heavy atom. The topological polar surface area (TPSA) is 115 Å². The first-order valence-corrected chi connectivity index (χ1v) is 11.0. The second-order valence-corrected chi connectivity index (χ2v) is 8.40. The third kappa shape index (κ3) is 4.31. The fourth-order valence-electron chi connectivity index (χ4n) is 4.47. The summed E-state index contributed by atoms with van der Waals surface area (Å²) in [5.74, 6) is -1.49. The molecule has 2 aliphatic rings. The Morgan fingerprint density at radius 2 is 1.94 bits per heavy atom. The van der Waals surface area contributed by atoms with Crippen LogP contribution in [-0.2, 0) is 4.79 Å². The van der Waals surface area contributed by atoms with E-state index in [0.29, 0.717) is 34.6 Å². The van der Waals surface area contributed by atoms with Gasteiger partial charge >= 0.3 is 5.97 Å². The summed E-state index contributed by atoms with van der Waals surface area (Å²) in [6.07, 6.45) is 5.39. The van der Waals surface area contributed by atoms with Gasteiger partial charge < -0.3 is 25.6 Å². The smallest absolute Gasteiger partial charge is 0.335 e. The molecule has 0 aliphatic carbocycles. The van der Waals surface area contributed by atoms with Gasteiger partial charge in [0.1, 0.15) is 0 Å². The van der Waals surface area contributed by atoms with Crippen LogP contribution in [0.4, 0.5) is 5.69 Å². The van der Waals surface area contributed by atoms with Crippen molar-refractivity contribution in [3.63, 3.8) is 0 Å². The van der Waals surface area contributed by atoms with Crippen molar-refractivity contribution < 1.29 is 19.5 Å². The highest BCUT2D eigenvalue weighted by Crippen LogP contribution is 2.34. The molecule has 168 valence electrons. The van der Waals surface area contributed by atoms with Crippen LogP contribution in [0, 0.1) is 13.8 Å². The lowest BCUT2D eigenvalue weighted by Crippen LogP contribution is -2.37. The third-order valence-corrected chi connectivity index (χ3v) is 6.20. The van der Waals surface area contributed by atoms with Crippen LogP contribution in [0.2, 0.25) is 0 Å². The number of aromatic amines is 1. The van der Waals surface area contributed by atoms with Gasteiger partial charge in [0, 0.05) is 35.7 Å². The second-order valence-electron chi connectivity index (χ2n) is 8.40. The SMILES string of the molecule is Cc1[nH]c(/C=C2\C(=O)Nc3ccc(C(=O)O)cc32)c(C)c1C(=O)NCCN1CCCCC1. The predicted octanol–water partition coefficient (Wildman–Crippen LogP) is 3.04. The molecular weight excluding hydrogens is 408 g/mol. The number of aromatic carboxylic acids is 1. The van der Waals surface area contributed by atoms with Gasteiger partial charge in [0.05, 0.1) is 16.7 Å². The first kappa shape index (κ1) is 21.8. The fourth-order valence-corrected chi connectivity index (χ4v) is 4.47. The molecule has 0 saturated carbocycles. The molecule has 2 aliphatic heterocycles. The molecule has 0 spiro atoms. The van der Waals surface area contributed by atoms with E-state index in [4.69, 9.17) is 0 Å². The van der Waals surface area contributed by atoms with E-state index >= 15 is 0 Å². The maximum atomic E-state index is 12.8. The van der Waals surface area contributed by atoms with Gasteiger partial charge in [0.25, 0.3) is 11.8 Å². The number of aromatic nitrogens is 1. The number of carbonyl (C=O) groups is 3. The Morgan fingerprint density at radius 3 is 2.66 bits per heavy atom. The number of rotatable bonds is 6. The minimum atomic E-state index is -1.05. The van der Waals surface area contributed by atoms with E-state index in [-0.39, 0.29) is 17.4 Å². The number of carbonyl (C=O) groups excluding carboxylic acids is 2. The molecule has 2 aromatic rings. The van der Waals surface area contributed by atoms with Crippen molar-refractivity contribution in [1.29, 1.82) is 0 Å². The Bertz CT molecular complexity index is 1110. The number of piperidine rings is 1. The molecule has 1 saturated heterocycles. The number of carboxylic acid groups (broad SMARTS) is 1. The zero-order chi connectivity index (χ0) is 22.8. The summed E-state index contributed by atoms with van der Waals surface area (Å²) >= 11 is 0. The van der Waals surface area contributed by atoms with Crippen LogP contribution < -0.4 is 10.6 Å². The number of aryl methyl sites for hydroxylation is 1. The number of amides is 2. The highest BCUT2D eigenvalue weighted by atomic mass is 16.4. The standard InChI is InChI=1S/C24H28N4O4/c1-14-20(13-18-17-12-16(24(31)32)6-7-19(17)27-22(18)29)26-15(2)21(14)23(30)25-8-11-28-9-4-3-5-10-28/h6-7,12-13,26H,3-5,8-11H2,1-2H3,(H,25,30)(H,27,29)(H,31,32)/b18-13-. The maximum absolute atomic E-state index is 12.8. The van der Waals surface area contributed by atoms with Gasteiger partial charge in [-0.3, -0.25) is 9.59 Å². The molecule has 1 aromatic carbocycles. The monoisotopic (exact) mass is 436 g/mol. The third-order valence-electron chi connectivity index (χ3n) is 6.20. The largest absolute Gasteiger partial charge is 0.478 e. The number of carboxylic acids is 1. The van der Waals surface area contributed by atoms with E-state index in [9.17, 15) is 19.5 Å². The Hall–Kier alpha value is -3.39. The van der Waals surface area contributed by atoms with Gasteiger partial charge in [-0.2, -0.15) is 0 Å². The zero-order valence-corrected chi connectivity index (χ0v) is 18.4. The number of nitrogens with zero attached hydrogens (tertiary/aromatic N) is 1. The number of fused-ring (bicyclic) bond motifs is 1.